The van der Waals surface area contributed by atoms with Crippen LogP contribution in [-0.4, -0.2) is 12.2 Å². The van der Waals surface area contributed by atoms with Crippen molar-refractivity contribution in [2.24, 2.45) is 0 Å². The first-order chi connectivity index (χ1) is 8.04. The van der Waals surface area contributed by atoms with Gasteiger partial charge < -0.3 is 5.32 Å². The molecule has 0 spiro atoms. The van der Waals surface area contributed by atoms with Crippen molar-refractivity contribution >= 4 is 44.1 Å². The Morgan fingerprint density at radius 2 is 2.12 bits per heavy atom. The van der Waals surface area contributed by atoms with Gasteiger partial charge in [-0.2, -0.15) is 0 Å². The predicted octanol–water partition coefficient (Wildman–Crippen LogP) is 2.81. The van der Waals surface area contributed by atoms with Gasteiger partial charge in [0.25, 0.3) is 5.91 Å². The van der Waals surface area contributed by atoms with Crippen LogP contribution in [0.2, 0.25) is 0 Å². The fourth-order valence-electron chi connectivity index (χ4n) is 1.24. The molecule has 0 unspecified atom stereocenters. The van der Waals surface area contributed by atoms with E-state index < -0.39 is 0 Å². The number of hydrogen-bond acceptors (Lipinski definition) is 2. The van der Waals surface area contributed by atoms with E-state index in [-0.39, 0.29) is 14.9 Å². The van der Waals surface area contributed by atoms with Gasteiger partial charge in [-0.25, -0.2) is 0 Å². The quantitative estimate of drug-likeness (QED) is 0.662. The van der Waals surface area contributed by atoms with E-state index in [0.29, 0.717) is 12.8 Å². The highest BCUT2D eigenvalue weighted by Crippen LogP contribution is 2.16. The molecule has 1 N–H and O–H groups in total. The number of hydrogen-bond donors (Lipinski definition) is 1. The summed E-state index contributed by atoms with van der Waals surface area (Å²) in [6.07, 6.45) is 0.566. The molecule has 1 aromatic rings. The molecule has 0 heterocycles. The molecule has 5 heteroatoms. The molecule has 0 aliphatic heterocycles. The van der Waals surface area contributed by atoms with Crippen LogP contribution in [0.1, 0.15) is 11.1 Å². The van der Waals surface area contributed by atoms with Crippen molar-refractivity contribution in [3.05, 3.63) is 44.4 Å². The zero-order valence-corrected chi connectivity index (χ0v) is 12.3. The van der Waals surface area contributed by atoms with E-state index in [0.717, 1.165) is 11.1 Å². The van der Waals surface area contributed by atoms with Crippen LogP contribution in [0.3, 0.4) is 0 Å². The third kappa shape index (κ3) is 4.44. The number of carbonyl (C=O) groups is 2. The van der Waals surface area contributed by atoms with E-state index in [9.17, 15) is 9.59 Å². The maximum atomic E-state index is 11.6. The molecule has 1 aromatic carbocycles. The molecule has 0 saturated heterocycles. The zero-order chi connectivity index (χ0) is 12.8. The molecule has 0 aromatic heterocycles. The second-order valence-electron chi connectivity index (χ2n) is 3.45. The summed E-state index contributed by atoms with van der Waals surface area (Å²) in [5.74, 6) is -0.328. The molecule has 3 nitrogen and oxygen atoms in total. The molecule has 0 aliphatic rings. The van der Waals surface area contributed by atoms with E-state index in [1.807, 2.05) is 31.2 Å². The van der Waals surface area contributed by atoms with E-state index in [4.69, 9.17) is 0 Å². The maximum Gasteiger partial charge on any atom is 0.259 e. The Balaban J connectivity index is 2.63. The van der Waals surface area contributed by atoms with Crippen molar-refractivity contribution in [1.82, 2.24) is 5.32 Å². The smallest absolute Gasteiger partial charge is 0.259 e. The highest BCUT2D eigenvalue weighted by Gasteiger charge is 2.09. The topological polar surface area (TPSA) is 46.2 Å². The minimum atomic E-state index is -0.328. The Kier molecular flexibility index (Phi) is 5.58. The highest BCUT2D eigenvalue weighted by atomic mass is 79.9. The van der Waals surface area contributed by atoms with Crippen LogP contribution in [-0.2, 0) is 16.1 Å². The molecule has 90 valence electrons. The summed E-state index contributed by atoms with van der Waals surface area (Å²) in [4.78, 5) is 22.1. The van der Waals surface area contributed by atoms with Crippen molar-refractivity contribution in [2.75, 3.05) is 0 Å². The van der Waals surface area contributed by atoms with Gasteiger partial charge in [0.15, 0.2) is 6.29 Å². The minimum Gasteiger partial charge on any atom is -0.347 e. The van der Waals surface area contributed by atoms with Crippen molar-refractivity contribution in [3.63, 3.8) is 0 Å². The van der Waals surface area contributed by atoms with Crippen molar-refractivity contribution in [3.8, 4) is 0 Å². The van der Waals surface area contributed by atoms with Gasteiger partial charge in [-0.3, -0.25) is 9.59 Å². The Morgan fingerprint density at radius 3 is 2.71 bits per heavy atom. The van der Waals surface area contributed by atoms with Crippen LogP contribution in [0.15, 0.2) is 33.2 Å². The van der Waals surface area contributed by atoms with Gasteiger partial charge in [0.2, 0.25) is 0 Å². The fourth-order valence-corrected chi connectivity index (χ4v) is 1.66. The number of amides is 1. The lowest BCUT2D eigenvalue weighted by Gasteiger charge is -2.05. The molecule has 0 atom stereocenters. The largest absolute Gasteiger partial charge is 0.347 e. The van der Waals surface area contributed by atoms with Crippen LogP contribution in [0.25, 0.3) is 0 Å². The minimum absolute atomic E-state index is 0.194. The van der Waals surface area contributed by atoms with Gasteiger partial charge in [-0.15, -0.1) is 0 Å². The molecule has 0 saturated carbocycles. The number of carbonyl (C=O) groups excluding carboxylic acids is 2. The summed E-state index contributed by atoms with van der Waals surface area (Å²) in [5, 5.41) is 2.71. The molecule has 0 fully saturated rings. The number of benzene rings is 1. The van der Waals surface area contributed by atoms with Gasteiger partial charge in [-0.1, -0.05) is 29.8 Å². The van der Waals surface area contributed by atoms with Gasteiger partial charge in [0, 0.05) is 6.54 Å². The normalized spacial score (nSPS) is 11.7. The number of rotatable bonds is 4. The Bertz CT molecular complexity index is 469. The van der Waals surface area contributed by atoms with Crippen LogP contribution >= 0.6 is 31.9 Å². The molecule has 0 aliphatic carbocycles. The van der Waals surface area contributed by atoms with Gasteiger partial charge >= 0.3 is 0 Å². The van der Waals surface area contributed by atoms with Crippen molar-refractivity contribution in [2.45, 2.75) is 13.5 Å². The van der Waals surface area contributed by atoms with E-state index in [2.05, 4.69) is 37.2 Å². The van der Waals surface area contributed by atoms with E-state index in [1.165, 1.54) is 0 Å². The first-order valence-corrected chi connectivity index (χ1v) is 6.47. The monoisotopic (exact) mass is 359 g/mol. The molecule has 17 heavy (non-hydrogen) atoms. The zero-order valence-electron chi connectivity index (χ0n) is 9.17. The SMILES string of the molecule is Cc1cccc(CNC(=O)/C(Br)=C(/Br)C=O)c1. The molecule has 1 rings (SSSR count). The van der Waals surface area contributed by atoms with E-state index >= 15 is 0 Å². The first kappa shape index (κ1) is 14.1. The average molecular weight is 361 g/mol. The van der Waals surface area contributed by atoms with Crippen LogP contribution in [0.4, 0.5) is 0 Å². The first-order valence-electron chi connectivity index (χ1n) is 4.88. The van der Waals surface area contributed by atoms with E-state index in [1.54, 1.807) is 0 Å². The third-order valence-electron chi connectivity index (χ3n) is 2.05. The molecule has 1 amide bonds. The lowest BCUT2D eigenvalue weighted by molar-refractivity contribution is -0.117. The lowest BCUT2D eigenvalue weighted by atomic mass is 10.1. The predicted molar refractivity (Wildman–Crippen MR) is 74.0 cm³/mol. The number of halogens is 2. The summed E-state index contributed by atoms with van der Waals surface area (Å²) < 4.78 is 0.388. The Morgan fingerprint density at radius 1 is 1.41 bits per heavy atom. The van der Waals surface area contributed by atoms with Gasteiger partial charge in [0.05, 0.1) is 8.96 Å². The van der Waals surface area contributed by atoms with Crippen LogP contribution in [0, 0.1) is 6.92 Å². The highest BCUT2D eigenvalue weighted by molar-refractivity contribution is 9.14. The van der Waals surface area contributed by atoms with Crippen molar-refractivity contribution < 1.29 is 9.59 Å². The summed E-state index contributed by atoms with van der Waals surface area (Å²) in [6.45, 7) is 2.42. The fraction of sp³-hybridized carbons (Fsp3) is 0.167. The van der Waals surface area contributed by atoms with Crippen LogP contribution in [0.5, 0.6) is 0 Å². The Hall–Kier alpha value is -0.940. The molecular weight excluding hydrogens is 350 g/mol. The number of aryl methyl sites for hydroxylation is 1. The number of aldehydes is 1. The third-order valence-corrected chi connectivity index (χ3v) is 3.95. The summed E-state index contributed by atoms with van der Waals surface area (Å²) >= 11 is 6.03. The second-order valence-corrected chi connectivity index (χ2v) is 5.10. The molecule has 0 bridgehead atoms. The second kappa shape index (κ2) is 6.71. The maximum absolute atomic E-state index is 11.6. The number of allylic oxidation sites excluding steroid dienone is 1. The van der Waals surface area contributed by atoms with Gasteiger partial charge in [-0.05, 0) is 44.3 Å². The summed E-state index contributed by atoms with van der Waals surface area (Å²) in [7, 11) is 0. The molecular formula is C12H11Br2NO2. The summed E-state index contributed by atoms with van der Waals surface area (Å²) in [6, 6.07) is 7.85. The Labute approximate surface area is 117 Å². The number of nitrogens with one attached hydrogen (secondary N) is 1. The lowest BCUT2D eigenvalue weighted by Crippen LogP contribution is -2.23. The standard InChI is InChI=1S/C12H11Br2NO2/c1-8-3-2-4-9(5-8)6-15-12(17)11(14)10(13)7-16/h2-5,7H,6H2,1H3,(H,15,17)/b11-10-. The van der Waals surface area contributed by atoms with Crippen molar-refractivity contribution in [1.29, 1.82) is 0 Å². The summed E-state index contributed by atoms with van der Waals surface area (Å²) in [5.41, 5.74) is 2.15. The van der Waals surface area contributed by atoms with Crippen LogP contribution < -0.4 is 5.32 Å². The average Bonchev–Trinajstić information content (AvgIpc) is 2.34. The van der Waals surface area contributed by atoms with Gasteiger partial charge in [0.1, 0.15) is 0 Å². The molecule has 0 radical (unpaired) electrons.